The number of ether oxygens (including phenoxy) is 1. The molecule has 0 aliphatic carbocycles. The molecule has 0 N–H and O–H groups in total. The highest BCUT2D eigenvalue weighted by molar-refractivity contribution is 7.18. The zero-order chi connectivity index (χ0) is 19.5. The Balaban J connectivity index is 1.37. The highest BCUT2D eigenvalue weighted by Gasteiger charge is 2.26. The van der Waals surface area contributed by atoms with Gasteiger partial charge in [-0.25, -0.2) is 4.98 Å². The molecule has 3 aromatic rings. The summed E-state index contributed by atoms with van der Waals surface area (Å²) in [5.74, 6) is 0.108. The van der Waals surface area contributed by atoms with Crippen LogP contribution in [0.15, 0.2) is 48.5 Å². The first-order chi connectivity index (χ1) is 13.7. The van der Waals surface area contributed by atoms with Crippen LogP contribution in [-0.2, 0) is 11.3 Å². The van der Waals surface area contributed by atoms with Crippen molar-refractivity contribution in [1.82, 2.24) is 14.8 Å². The number of rotatable bonds is 5. The molecule has 1 fully saturated rings. The van der Waals surface area contributed by atoms with Gasteiger partial charge in [-0.3, -0.25) is 9.69 Å². The molecule has 0 bridgehead atoms. The molecule has 2 heterocycles. The number of nitrogens with zero attached hydrogens (tertiary/aromatic N) is 3. The van der Waals surface area contributed by atoms with Gasteiger partial charge in [-0.2, -0.15) is 0 Å². The van der Waals surface area contributed by atoms with E-state index in [9.17, 15) is 4.79 Å². The smallest absolute Gasteiger partial charge is 0.253 e. The molecule has 1 aliphatic heterocycles. The van der Waals surface area contributed by atoms with E-state index in [1.54, 1.807) is 18.4 Å². The van der Waals surface area contributed by atoms with Gasteiger partial charge in [0.25, 0.3) is 5.91 Å². The Labute approximate surface area is 169 Å². The second kappa shape index (κ2) is 8.39. The molecule has 6 heteroatoms. The first-order valence-electron chi connectivity index (χ1n) is 9.62. The zero-order valence-corrected chi connectivity index (χ0v) is 17.1. The highest BCUT2D eigenvalue weighted by Crippen LogP contribution is 2.30. The summed E-state index contributed by atoms with van der Waals surface area (Å²) in [4.78, 5) is 22.0. The van der Waals surface area contributed by atoms with Gasteiger partial charge in [0.1, 0.15) is 5.01 Å². The molecule has 1 saturated heterocycles. The Morgan fingerprint density at radius 3 is 2.50 bits per heavy atom. The highest BCUT2D eigenvalue weighted by atomic mass is 32.1. The lowest BCUT2D eigenvalue weighted by atomic mass is 10.1. The maximum Gasteiger partial charge on any atom is 0.253 e. The third kappa shape index (κ3) is 3.94. The van der Waals surface area contributed by atoms with Crippen LogP contribution in [0, 0.1) is 0 Å². The van der Waals surface area contributed by atoms with Crippen LogP contribution in [0.2, 0.25) is 0 Å². The van der Waals surface area contributed by atoms with Gasteiger partial charge in [0.15, 0.2) is 0 Å². The van der Waals surface area contributed by atoms with E-state index in [-0.39, 0.29) is 11.9 Å². The molecule has 5 nitrogen and oxygen atoms in total. The second-order valence-electron chi connectivity index (χ2n) is 7.15. The van der Waals surface area contributed by atoms with Crippen LogP contribution in [0.25, 0.3) is 10.2 Å². The topological polar surface area (TPSA) is 45.7 Å². The van der Waals surface area contributed by atoms with Crippen LogP contribution in [0.4, 0.5) is 0 Å². The Morgan fingerprint density at radius 2 is 1.82 bits per heavy atom. The van der Waals surface area contributed by atoms with Crippen molar-refractivity contribution in [3.63, 3.8) is 0 Å². The minimum absolute atomic E-state index is 0.108. The monoisotopic (exact) mass is 395 g/mol. The molecule has 1 aromatic heterocycles. The van der Waals surface area contributed by atoms with Crippen molar-refractivity contribution >= 4 is 27.5 Å². The number of carbonyl (C=O) groups is 1. The summed E-state index contributed by atoms with van der Waals surface area (Å²) in [5, 5.41) is 1.15. The number of aromatic nitrogens is 1. The number of thiazole rings is 1. The molecular weight excluding hydrogens is 370 g/mol. The van der Waals surface area contributed by atoms with Crippen molar-refractivity contribution in [3.05, 3.63) is 64.7 Å². The number of piperazine rings is 1. The van der Waals surface area contributed by atoms with Crippen LogP contribution >= 0.6 is 11.3 Å². The number of para-hydroxylation sites is 1. The third-order valence-corrected chi connectivity index (χ3v) is 6.54. The van der Waals surface area contributed by atoms with E-state index in [0.717, 1.165) is 47.8 Å². The van der Waals surface area contributed by atoms with E-state index in [0.29, 0.717) is 6.61 Å². The Bertz CT molecular complexity index is 913. The Kier molecular flexibility index (Phi) is 5.71. The summed E-state index contributed by atoms with van der Waals surface area (Å²) in [6.45, 7) is 6.00. The van der Waals surface area contributed by atoms with Gasteiger partial charge in [0.05, 0.1) is 22.9 Å². The van der Waals surface area contributed by atoms with E-state index in [1.165, 1.54) is 4.70 Å². The fraction of sp³-hybridized carbons (Fsp3) is 0.364. The first-order valence-corrected chi connectivity index (χ1v) is 10.4. The fourth-order valence-electron chi connectivity index (χ4n) is 3.63. The third-order valence-electron chi connectivity index (χ3n) is 5.33. The fourth-order valence-corrected chi connectivity index (χ4v) is 4.68. The summed E-state index contributed by atoms with van der Waals surface area (Å²) in [5.41, 5.74) is 2.89. The lowest BCUT2D eigenvalue weighted by Crippen LogP contribution is -2.49. The number of amides is 1. The molecule has 2 aromatic carbocycles. The Hall–Kier alpha value is -2.28. The Morgan fingerprint density at radius 1 is 1.11 bits per heavy atom. The zero-order valence-electron chi connectivity index (χ0n) is 16.3. The maximum absolute atomic E-state index is 12.8. The summed E-state index contributed by atoms with van der Waals surface area (Å²) >= 11 is 1.76. The first kappa shape index (κ1) is 19.1. The SMILES string of the molecule is COCc1ccc(C(=O)N2CCN(C(C)c3nc4ccccc4s3)CC2)cc1. The van der Waals surface area contributed by atoms with Gasteiger partial charge in [0.2, 0.25) is 0 Å². The summed E-state index contributed by atoms with van der Waals surface area (Å²) < 4.78 is 6.36. The van der Waals surface area contributed by atoms with E-state index in [4.69, 9.17) is 9.72 Å². The standard InChI is InChI=1S/C22H25N3O2S/c1-16(21-23-19-5-3-4-6-20(19)28-21)24-11-13-25(14-12-24)22(26)18-9-7-17(8-10-18)15-27-2/h3-10,16H,11-15H2,1-2H3. The van der Waals surface area contributed by atoms with Gasteiger partial charge in [-0.1, -0.05) is 24.3 Å². The van der Waals surface area contributed by atoms with Crippen LogP contribution in [0.1, 0.15) is 33.9 Å². The van der Waals surface area contributed by atoms with Crippen LogP contribution in [0.5, 0.6) is 0 Å². The largest absolute Gasteiger partial charge is 0.380 e. The number of carbonyl (C=O) groups excluding carboxylic acids is 1. The molecular formula is C22H25N3O2S. The quantitative estimate of drug-likeness (QED) is 0.656. The van der Waals surface area contributed by atoms with Gasteiger partial charge in [-0.15, -0.1) is 11.3 Å². The van der Waals surface area contributed by atoms with Gasteiger partial charge >= 0.3 is 0 Å². The predicted molar refractivity (Wildman–Crippen MR) is 113 cm³/mol. The van der Waals surface area contributed by atoms with Crippen LogP contribution in [-0.4, -0.2) is 54.0 Å². The normalized spacial score (nSPS) is 16.4. The molecule has 0 spiro atoms. The second-order valence-corrected chi connectivity index (χ2v) is 8.22. The van der Waals surface area contributed by atoms with Crippen molar-refractivity contribution in [2.24, 2.45) is 0 Å². The van der Waals surface area contributed by atoms with Crippen molar-refractivity contribution in [2.75, 3.05) is 33.3 Å². The molecule has 28 heavy (non-hydrogen) atoms. The van der Waals surface area contributed by atoms with Crippen molar-refractivity contribution in [2.45, 2.75) is 19.6 Å². The maximum atomic E-state index is 12.8. The number of fused-ring (bicyclic) bond motifs is 1. The molecule has 0 saturated carbocycles. The average molecular weight is 396 g/mol. The van der Waals surface area contributed by atoms with E-state index in [2.05, 4.69) is 30.0 Å². The van der Waals surface area contributed by atoms with Crippen molar-refractivity contribution < 1.29 is 9.53 Å². The average Bonchev–Trinajstić information content (AvgIpc) is 3.18. The molecule has 146 valence electrons. The summed E-state index contributed by atoms with van der Waals surface area (Å²) in [6, 6.07) is 16.3. The summed E-state index contributed by atoms with van der Waals surface area (Å²) in [7, 11) is 1.67. The molecule has 1 unspecified atom stereocenters. The van der Waals surface area contributed by atoms with Gasteiger partial charge < -0.3 is 9.64 Å². The van der Waals surface area contributed by atoms with Crippen LogP contribution in [0.3, 0.4) is 0 Å². The van der Waals surface area contributed by atoms with Crippen molar-refractivity contribution in [3.8, 4) is 0 Å². The van der Waals surface area contributed by atoms with Crippen molar-refractivity contribution in [1.29, 1.82) is 0 Å². The van der Waals surface area contributed by atoms with Gasteiger partial charge in [-0.05, 0) is 36.8 Å². The number of benzene rings is 2. The van der Waals surface area contributed by atoms with E-state index >= 15 is 0 Å². The number of methoxy groups -OCH3 is 1. The molecule has 1 aliphatic rings. The molecule has 4 rings (SSSR count). The number of hydrogen-bond donors (Lipinski definition) is 0. The molecule has 1 amide bonds. The lowest BCUT2D eigenvalue weighted by molar-refractivity contribution is 0.0582. The molecule has 0 radical (unpaired) electrons. The minimum atomic E-state index is 0.108. The van der Waals surface area contributed by atoms with E-state index < -0.39 is 0 Å². The molecule has 1 atom stereocenters. The van der Waals surface area contributed by atoms with E-state index in [1.807, 2.05) is 35.2 Å². The lowest BCUT2D eigenvalue weighted by Gasteiger charge is -2.37. The van der Waals surface area contributed by atoms with Crippen LogP contribution < -0.4 is 0 Å². The summed E-state index contributed by atoms with van der Waals surface area (Å²) in [6.07, 6.45) is 0. The van der Waals surface area contributed by atoms with Gasteiger partial charge in [0, 0.05) is 38.9 Å². The number of hydrogen-bond acceptors (Lipinski definition) is 5. The predicted octanol–water partition coefficient (Wildman–Crippen LogP) is 3.96. The minimum Gasteiger partial charge on any atom is -0.380 e.